The van der Waals surface area contributed by atoms with E-state index in [4.69, 9.17) is 0 Å². The van der Waals surface area contributed by atoms with Crippen LogP contribution in [0.1, 0.15) is 51.5 Å². The van der Waals surface area contributed by atoms with Crippen LogP contribution in [0.2, 0.25) is 0 Å². The molecule has 1 nitrogen and oxygen atoms in total. The van der Waals surface area contributed by atoms with Crippen LogP contribution >= 0.6 is 0 Å². The molecule has 0 spiro atoms. The molecule has 1 N–H and O–H groups in total. The van der Waals surface area contributed by atoms with E-state index >= 15 is 0 Å². The van der Waals surface area contributed by atoms with Gasteiger partial charge in [-0.25, -0.2) is 8.78 Å². The van der Waals surface area contributed by atoms with Crippen molar-refractivity contribution in [2.24, 2.45) is 5.41 Å². The lowest BCUT2D eigenvalue weighted by Crippen LogP contribution is -2.45. The molecule has 112 valence electrons. The van der Waals surface area contributed by atoms with Crippen molar-refractivity contribution in [2.75, 3.05) is 6.54 Å². The van der Waals surface area contributed by atoms with E-state index in [1.165, 1.54) is 31.7 Å². The SMILES string of the molecule is CCNC(Cc1cccc(F)c1F)C1(CC)CCCC1. The standard InChI is InChI=1S/C17H25F2N/c1-3-17(10-5-6-11-17)15(20-4-2)12-13-8-7-9-14(18)16(13)19/h7-9,15,20H,3-6,10-12H2,1-2H3. The highest BCUT2D eigenvalue weighted by atomic mass is 19.2. The Hall–Kier alpha value is -0.960. The molecule has 1 unspecified atom stereocenters. The van der Waals surface area contributed by atoms with Gasteiger partial charge in [0.1, 0.15) is 0 Å². The predicted octanol–water partition coefficient (Wildman–Crippen LogP) is 4.46. The molecular weight excluding hydrogens is 256 g/mol. The molecule has 1 aromatic rings. The zero-order valence-corrected chi connectivity index (χ0v) is 12.5. The van der Waals surface area contributed by atoms with Gasteiger partial charge < -0.3 is 5.32 Å². The number of hydrogen-bond acceptors (Lipinski definition) is 1. The van der Waals surface area contributed by atoms with Crippen LogP contribution in [0.4, 0.5) is 8.78 Å². The molecule has 1 fully saturated rings. The molecular formula is C17H25F2N. The number of benzene rings is 1. The van der Waals surface area contributed by atoms with E-state index in [1.54, 1.807) is 12.1 Å². The molecule has 0 heterocycles. The summed E-state index contributed by atoms with van der Waals surface area (Å²) >= 11 is 0. The van der Waals surface area contributed by atoms with E-state index in [-0.39, 0.29) is 11.5 Å². The molecule has 1 saturated carbocycles. The molecule has 1 aliphatic rings. The summed E-state index contributed by atoms with van der Waals surface area (Å²) in [7, 11) is 0. The molecule has 20 heavy (non-hydrogen) atoms. The summed E-state index contributed by atoms with van der Waals surface area (Å²) in [6, 6.07) is 4.73. The number of halogens is 2. The highest BCUT2D eigenvalue weighted by Gasteiger charge is 2.39. The normalized spacial score (nSPS) is 19.2. The Bertz CT molecular complexity index is 439. The van der Waals surface area contributed by atoms with Gasteiger partial charge in [0.05, 0.1) is 0 Å². The summed E-state index contributed by atoms with van der Waals surface area (Å²) in [6.45, 7) is 5.16. The maximum absolute atomic E-state index is 13.9. The third-order valence-electron chi connectivity index (χ3n) is 4.95. The highest BCUT2D eigenvalue weighted by molar-refractivity contribution is 5.21. The van der Waals surface area contributed by atoms with Crippen molar-refractivity contribution in [3.05, 3.63) is 35.4 Å². The fourth-order valence-electron chi connectivity index (χ4n) is 3.71. The molecule has 2 rings (SSSR count). The minimum atomic E-state index is -0.741. The Balaban J connectivity index is 2.23. The van der Waals surface area contributed by atoms with Crippen LogP contribution in [0, 0.1) is 17.0 Å². The van der Waals surface area contributed by atoms with Gasteiger partial charge in [-0.3, -0.25) is 0 Å². The zero-order valence-electron chi connectivity index (χ0n) is 12.5. The predicted molar refractivity (Wildman–Crippen MR) is 78.7 cm³/mol. The average molecular weight is 281 g/mol. The third kappa shape index (κ3) is 3.03. The Morgan fingerprint density at radius 3 is 2.50 bits per heavy atom. The quantitative estimate of drug-likeness (QED) is 0.812. The van der Waals surface area contributed by atoms with Gasteiger partial charge >= 0.3 is 0 Å². The second kappa shape index (κ2) is 6.66. The Morgan fingerprint density at radius 1 is 1.20 bits per heavy atom. The zero-order chi connectivity index (χ0) is 14.6. The van der Waals surface area contributed by atoms with E-state index in [9.17, 15) is 8.78 Å². The molecule has 0 saturated heterocycles. The van der Waals surface area contributed by atoms with Gasteiger partial charge in [-0.2, -0.15) is 0 Å². The summed E-state index contributed by atoms with van der Waals surface area (Å²) in [6.07, 6.45) is 6.56. The van der Waals surface area contributed by atoms with Gasteiger partial charge in [-0.05, 0) is 49.3 Å². The summed E-state index contributed by atoms with van der Waals surface area (Å²) in [5.74, 6) is -1.42. The van der Waals surface area contributed by atoms with Crippen LogP contribution in [0.3, 0.4) is 0 Å². The molecule has 3 heteroatoms. The van der Waals surface area contributed by atoms with Crippen molar-refractivity contribution in [2.45, 2.75) is 58.4 Å². The monoisotopic (exact) mass is 281 g/mol. The molecule has 0 bridgehead atoms. The fourth-order valence-corrected chi connectivity index (χ4v) is 3.71. The Labute approximate surface area is 120 Å². The van der Waals surface area contributed by atoms with Crippen molar-refractivity contribution in [1.29, 1.82) is 0 Å². The van der Waals surface area contributed by atoms with Gasteiger partial charge in [0.15, 0.2) is 11.6 Å². The van der Waals surface area contributed by atoms with Gasteiger partial charge in [-0.15, -0.1) is 0 Å². The lowest BCUT2D eigenvalue weighted by atomic mass is 9.74. The fraction of sp³-hybridized carbons (Fsp3) is 0.647. The maximum atomic E-state index is 13.9. The number of rotatable bonds is 6. The van der Waals surface area contributed by atoms with E-state index in [1.807, 2.05) is 0 Å². The van der Waals surface area contributed by atoms with Gasteiger partial charge in [0.2, 0.25) is 0 Å². The van der Waals surface area contributed by atoms with Crippen molar-refractivity contribution in [3.8, 4) is 0 Å². The van der Waals surface area contributed by atoms with Crippen molar-refractivity contribution < 1.29 is 8.78 Å². The van der Waals surface area contributed by atoms with E-state index < -0.39 is 11.6 Å². The van der Waals surface area contributed by atoms with E-state index in [0.29, 0.717) is 12.0 Å². The molecule has 1 atom stereocenters. The van der Waals surface area contributed by atoms with Crippen LogP contribution in [-0.2, 0) is 6.42 Å². The van der Waals surface area contributed by atoms with Crippen molar-refractivity contribution in [1.82, 2.24) is 5.32 Å². The minimum absolute atomic E-state index is 0.233. The molecule has 0 amide bonds. The lowest BCUT2D eigenvalue weighted by Gasteiger charge is -2.38. The number of likely N-dealkylation sites (N-methyl/N-ethyl adjacent to an activating group) is 1. The Kier molecular flexibility index (Phi) is 5.14. The molecule has 1 aromatic carbocycles. The molecule has 1 aliphatic carbocycles. The Morgan fingerprint density at radius 2 is 1.90 bits per heavy atom. The number of hydrogen-bond donors (Lipinski definition) is 1. The summed E-state index contributed by atoms with van der Waals surface area (Å²) < 4.78 is 27.3. The average Bonchev–Trinajstić information content (AvgIpc) is 2.93. The maximum Gasteiger partial charge on any atom is 0.162 e. The van der Waals surface area contributed by atoms with Gasteiger partial charge in [0.25, 0.3) is 0 Å². The molecule has 0 radical (unpaired) electrons. The lowest BCUT2D eigenvalue weighted by molar-refractivity contribution is 0.185. The summed E-state index contributed by atoms with van der Waals surface area (Å²) in [5.41, 5.74) is 0.741. The van der Waals surface area contributed by atoms with Crippen LogP contribution in [0.25, 0.3) is 0 Å². The van der Waals surface area contributed by atoms with Gasteiger partial charge in [0, 0.05) is 6.04 Å². The van der Waals surface area contributed by atoms with Crippen LogP contribution in [0.5, 0.6) is 0 Å². The largest absolute Gasteiger partial charge is 0.313 e. The second-order valence-electron chi connectivity index (χ2n) is 5.95. The number of nitrogens with one attached hydrogen (secondary N) is 1. The first kappa shape index (κ1) is 15.4. The van der Waals surface area contributed by atoms with E-state index in [2.05, 4.69) is 19.2 Å². The molecule has 0 aromatic heterocycles. The van der Waals surface area contributed by atoms with Crippen LogP contribution in [0.15, 0.2) is 18.2 Å². The van der Waals surface area contributed by atoms with Crippen molar-refractivity contribution >= 4 is 0 Å². The third-order valence-corrected chi connectivity index (χ3v) is 4.95. The first-order valence-corrected chi connectivity index (χ1v) is 7.79. The smallest absolute Gasteiger partial charge is 0.162 e. The molecule has 0 aliphatic heterocycles. The summed E-state index contributed by atoms with van der Waals surface area (Å²) in [4.78, 5) is 0. The highest BCUT2D eigenvalue weighted by Crippen LogP contribution is 2.44. The van der Waals surface area contributed by atoms with Gasteiger partial charge in [-0.1, -0.05) is 38.8 Å². The second-order valence-corrected chi connectivity index (χ2v) is 5.95. The first-order chi connectivity index (χ1) is 9.63. The van der Waals surface area contributed by atoms with Crippen molar-refractivity contribution in [3.63, 3.8) is 0 Å². The summed E-state index contributed by atoms with van der Waals surface area (Å²) in [5, 5.41) is 3.52. The van der Waals surface area contributed by atoms with Crippen LogP contribution < -0.4 is 5.32 Å². The minimum Gasteiger partial charge on any atom is -0.313 e. The first-order valence-electron chi connectivity index (χ1n) is 7.79. The van der Waals surface area contributed by atoms with Crippen LogP contribution in [-0.4, -0.2) is 12.6 Å². The topological polar surface area (TPSA) is 12.0 Å². The van der Waals surface area contributed by atoms with E-state index in [0.717, 1.165) is 13.0 Å².